The third-order valence-electron chi connectivity index (χ3n) is 3.13. The van der Waals surface area contributed by atoms with E-state index in [0.717, 1.165) is 30.8 Å². The maximum Gasteiger partial charge on any atom is 0.174 e. The quantitative estimate of drug-likeness (QED) is 0.327. The first-order valence-corrected chi connectivity index (χ1v) is 9.68. The second-order valence-electron chi connectivity index (χ2n) is 4.92. The molecular formula is C18H18BrClINO2. The highest BCUT2D eigenvalue weighted by Crippen LogP contribution is 2.34. The zero-order valence-corrected chi connectivity index (χ0v) is 17.7. The molecule has 1 N–H and O–H groups in total. The summed E-state index contributed by atoms with van der Waals surface area (Å²) in [7, 11) is 0. The van der Waals surface area contributed by atoms with Crippen LogP contribution in [0.25, 0.3) is 0 Å². The van der Waals surface area contributed by atoms with Crippen molar-refractivity contribution in [2.45, 2.75) is 13.5 Å². The van der Waals surface area contributed by atoms with Crippen molar-refractivity contribution in [1.29, 1.82) is 0 Å². The highest BCUT2D eigenvalue weighted by molar-refractivity contribution is 14.1. The van der Waals surface area contributed by atoms with Crippen molar-refractivity contribution in [3.8, 4) is 11.5 Å². The summed E-state index contributed by atoms with van der Waals surface area (Å²) in [5.41, 5.74) is 2.07. The minimum Gasteiger partial charge on any atom is -0.490 e. The summed E-state index contributed by atoms with van der Waals surface area (Å²) in [5.74, 6) is 1.50. The van der Waals surface area contributed by atoms with Crippen LogP contribution < -0.4 is 14.8 Å². The van der Waals surface area contributed by atoms with Gasteiger partial charge in [-0.1, -0.05) is 24.3 Å². The zero-order valence-electron chi connectivity index (χ0n) is 13.2. The molecule has 2 aromatic rings. The van der Waals surface area contributed by atoms with Crippen LogP contribution in [0.15, 0.2) is 47.5 Å². The van der Waals surface area contributed by atoms with Crippen molar-refractivity contribution in [2.75, 3.05) is 18.5 Å². The number of anilines is 1. The Morgan fingerprint density at radius 2 is 2.08 bits per heavy atom. The second-order valence-corrected chi connectivity index (χ2v) is 7.34. The number of rotatable bonds is 8. The summed E-state index contributed by atoms with van der Waals surface area (Å²) in [5, 5.41) is 4.05. The van der Waals surface area contributed by atoms with Crippen LogP contribution in [0.4, 0.5) is 5.69 Å². The molecule has 0 spiro atoms. The average molecular weight is 523 g/mol. The predicted octanol–water partition coefficient (Wildman–Crippen LogP) is 6.28. The summed E-state index contributed by atoms with van der Waals surface area (Å²) in [6.45, 7) is 7.33. The molecule has 0 aliphatic carbocycles. The molecule has 0 amide bonds. The predicted molar refractivity (Wildman–Crippen MR) is 112 cm³/mol. The van der Waals surface area contributed by atoms with E-state index >= 15 is 0 Å². The van der Waals surface area contributed by atoms with Gasteiger partial charge in [-0.2, -0.15) is 0 Å². The largest absolute Gasteiger partial charge is 0.490 e. The maximum absolute atomic E-state index is 6.12. The summed E-state index contributed by atoms with van der Waals surface area (Å²) < 4.78 is 13.3. The van der Waals surface area contributed by atoms with Crippen LogP contribution in [0, 0.1) is 3.57 Å². The van der Waals surface area contributed by atoms with Crippen molar-refractivity contribution >= 4 is 55.8 Å². The van der Waals surface area contributed by atoms with Crippen LogP contribution in [0.2, 0.25) is 5.02 Å². The van der Waals surface area contributed by atoms with Gasteiger partial charge in [-0.15, -0.1) is 0 Å². The molecule has 0 aromatic heterocycles. The van der Waals surface area contributed by atoms with Gasteiger partial charge in [0, 0.05) is 16.7 Å². The van der Waals surface area contributed by atoms with Gasteiger partial charge in [0.25, 0.3) is 0 Å². The Morgan fingerprint density at radius 3 is 2.75 bits per heavy atom. The van der Waals surface area contributed by atoms with Crippen LogP contribution in [-0.4, -0.2) is 13.2 Å². The van der Waals surface area contributed by atoms with Gasteiger partial charge < -0.3 is 14.8 Å². The molecule has 0 aliphatic heterocycles. The minimum absolute atomic E-state index is 0.449. The smallest absolute Gasteiger partial charge is 0.174 e. The molecule has 0 aliphatic rings. The number of hydrogen-bond acceptors (Lipinski definition) is 3. The van der Waals surface area contributed by atoms with Crippen LogP contribution in [0.3, 0.4) is 0 Å². The zero-order chi connectivity index (χ0) is 17.5. The molecule has 0 radical (unpaired) electrons. The fourth-order valence-electron chi connectivity index (χ4n) is 2.08. The third kappa shape index (κ3) is 5.29. The normalized spacial score (nSPS) is 10.3. The molecule has 0 heterocycles. The van der Waals surface area contributed by atoms with Crippen LogP contribution in [0.1, 0.15) is 12.5 Å². The summed E-state index contributed by atoms with van der Waals surface area (Å²) in [6.07, 6.45) is 1.72. The van der Waals surface area contributed by atoms with Crippen molar-refractivity contribution in [3.05, 3.63) is 61.6 Å². The highest BCUT2D eigenvalue weighted by Gasteiger charge is 2.12. The minimum atomic E-state index is 0.449. The van der Waals surface area contributed by atoms with E-state index in [4.69, 9.17) is 21.1 Å². The van der Waals surface area contributed by atoms with Gasteiger partial charge in [-0.25, -0.2) is 0 Å². The molecule has 2 aromatic carbocycles. The van der Waals surface area contributed by atoms with E-state index in [2.05, 4.69) is 56.5 Å². The number of halogens is 3. The van der Waals surface area contributed by atoms with Crippen LogP contribution >= 0.6 is 50.1 Å². The summed E-state index contributed by atoms with van der Waals surface area (Å²) >= 11 is 11.8. The lowest BCUT2D eigenvalue weighted by molar-refractivity contribution is 0.295. The fraction of sp³-hybridized carbons (Fsp3) is 0.222. The first-order valence-electron chi connectivity index (χ1n) is 7.43. The standard InChI is InChI=1S/C18H18BrClINO2/c1-3-7-24-18-16(21)8-12(9-17(18)23-4-2)11-22-13-5-6-14(19)15(20)10-13/h3,5-6,8-10,22H,1,4,7,11H2,2H3. The molecule has 6 heteroatoms. The molecule has 0 fully saturated rings. The Bertz CT molecular complexity index is 724. The van der Waals surface area contributed by atoms with Crippen LogP contribution in [-0.2, 0) is 6.54 Å². The number of benzene rings is 2. The van der Waals surface area contributed by atoms with Gasteiger partial charge in [0.15, 0.2) is 11.5 Å². The van der Waals surface area contributed by atoms with E-state index in [-0.39, 0.29) is 0 Å². The highest BCUT2D eigenvalue weighted by atomic mass is 127. The van der Waals surface area contributed by atoms with Crippen LogP contribution in [0.5, 0.6) is 11.5 Å². The fourth-order valence-corrected chi connectivity index (χ4v) is 3.33. The van der Waals surface area contributed by atoms with Gasteiger partial charge in [-0.3, -0.25) is 0 Å². The van der Waals surface area contributed by atoms with Crippen molar-refractivity contribution in [3.63, 3.8) is 0 Å². The molecule has 3 nitrogen and oxygen atoms in total. The molecule has 0 saturated carbocycles. The molecule has 128 valence electrons. The van der Waals surface area contributed by atoms with Gasteiger partial charge in [0.05, 0.1) is 15.2 Å². The lowest BCUT2D eigenvalue weighted by Crippen LogP contribution is -2.04. The van der Waals surface area contributed by atoms with Gasteiger partial charge in [0.2, 0.25) is 0 Å². The topological polar surface area (TPSA) is 30.5 Å². The van der Waals surface area contributed by atoms with E-state index < -0.39 is 0 Å². The number of ether oxygens (including phenoxy) is 2. The first-order chi connectivity index (χ1) is 11.5. The monoisotopic (exact) mass is 521 g/mol. The molecule has 2 rings (SSSR count). The Balaban J connectivity index is 2.17. The van der Waals surface area contributed by atoms with Gasteiger partial charge >= 0.3 is 0 Å². The maximum atomic E-state index is 6.12. The molecule has 0 atom stereocenters. The Labute approximate surface area is 169 Å². The molecule has 0 saturated heterocycles. The number of hydrogen-bond donors (Lipinski definition) is 1. The summed E-state index contributed by atoms with van der Waals surface area (Å²) in [4.78, 5) is 0. The van der Waals surface area contributed by atoms with Crippen molar-refractivity contribution < 1.29 is 9.47 Å². The number of nitrogens with one attached hydrogen (secondary N) is 1. The van der Waals surface area contributed by atoms with E-state index in [9.17, 15) is 0 Å². The Hall–Kier alpha value is -0.920. The second kappa shape index (κ2) is 9.53. The van der Waals surface area contributed by atoms with E-state index in [1.165, 1.54) is 0 Å². The lowest BCUT2D eigenvalue weighted by Gasteiger charge is -2.15. The van der Waals surface area contributed by atoms with Gasteiger partial charge in [0.1, 0.15) is 6.61 Å². The Morgan fingerprint density at radius 1 is 1.29 bits per heavy atom. The molecule has 24 heavy (non-hydrogen) atoms. The van der Waals surface area contributed by atoms with E-state index in [1.54, 1.807) is 6.08 Å². The molecule has 0 unspecified atom stereocenters. The van der Waals surface area contributed by atoms with E-state index in [1.807, 2.05) is 31.2 Å². The third-order valence-corrected chi connectivity index (χ3v) is 5.16. The van der Waals surface area contributed by atoms with Crippen molar-refractivity contribution in [1.82, 2.24) is 0 Å². The summed E-state index contributed by atoms with van der Waals surface area (Å²) in [6, 6.07) is 9.87. The molecule has 0 bridgehead atoms. The first kappa shape index (κ1) is 19.4. The average Bonchev–Trinajstić information content (AvgIpc) is 2.55. The van der Waals surface area contributed by atoms with E-state index in [0.29, 0.717) is 24.8 Å². The lowest BCUT2D eigenvalue weighted by atomic mass is 10.2. The molecular weight excluding hydrogens is 504 g/mol. The van der Waals surface area contributed by atoms with Crippen molar-refractivity contribution in [2.24, 2.45) is 0 Å². The SMILES string of the molecule is C=CCOc1c(I)cc(CNc2ccc(Br)c(Cl)c2)cc1OCC. The Kier molecular flexibility index (Phi) is 7.71. The van der Waals surface area contributed by atoms with Gasteiger partial charge in [-0.05, 0) is 81.3 Å².